The van der Waals surface area contributed by atoms with E-state index < -0.39 is 6.10 Å². The van der Waals surface area contributed by atoms with Gasteiger partial charge in [-0.1, -0.05) is 37.3 Å². The molecule has 0 radical (unpaired) electrons. The second-order valence-electron chi connectivity index (χ2n) is 7.43. The van der Waals surface area contributed by atoms with E-state index in [1.165, 1.54) is 0 Å². The van der Waals surface area contributed by atoms with Crippen LogP contribution in [0, 0.1) is 5.92 Å². The lowest BCUT2D eigenvalue weighted by molar-refractivity contribution is -0.122. The molecule has 1 unspecified atom stereocenters. The van der Waals surface area contributed by atoms with Gasteiger partial charge in [-0.15, -0.1) is 0 Å². The zero-order chi connectivity index (χ0) is 18.8. The Labute approximate surface area is 159 Å². The van der Waals surface area contributed by atoms with Crippen molar-refractivity contribution < 1.29 is 14.3 Å². The fourth-order valence-corrected chi connectivity index (χ4v) is 3.70. The highest BCUT2D eigenvalue weighted by atomic mass is 16.5. The Kier molecular flexibility index (Phi) is 4.84. The Bertz CT molecular complexity index is 831. The van der Waals surface area contributed by atoms with Crippen LogP contribution in [0.15, 0.2) is 48.5 Å². The molecular formula is C22H24N2O3. The third-order valence-electron chi connectivity index (χ3n) is 5.43. The van der Waals surface area contributed by atoms with Gasteiger partial charge in [0.05, 0.1) is 11.3 Å². The van der Waals surface area contributed by atoms with Crippen molar-refractivity contribution in [2.45, 2.75) is 32.3 Å². The fourth-order valence-electron chi connectivity index (χ4n) is 3.70. The van der Waals surface area contributed by atoms with Crippen LogP contribution in [-0.2, 0) is 11.2 Å². The van der Waals surface area contributed by atoms with Gasteiger partial charge in [-0.05, 0) is 42.5 Å². The maximum absolute atomic E-state index is 13.0. The lowest BCUT2D eigenvalue weighted by atomic mass is 9.98. The molecule has 1 fully saturated rings. The highest BCUT2D eigenvalue weighted by Crippen LogP contribution is 2.29. The largest absolute Gasteiger partial charge is 0.480 e. The van der Waals surface area contributed by atoms with Crippen molar-refractivity contribution in [3.05, 3.63) is 59.7 Å². The van der Waals surface area contributed by atoms with Gasteiger partial charge in [0.1, 0.15) is 5.75 Å². The van der Waals surface area contributed by atoms with E-state index in [0.717, 1.165) is 37.2 Å². The number of fused-ring (bicyclic) bond motifs is 1. The van der Waals surface area contributed by atoms with Crippen molar-refractivity contribution in [1.82, 2.24) is 4.90 Å². The average molecular weight is 364 g/mol. The molecule has 1 N–H and O–H groups in total. The van der Waals surface area contributed by atoms with E-state index in [9.17, 15) is 9.59 Å². The van der Waals surface area contributed by atoms with Crippen molar-refractivity contribution in [2.75, 3.05) is 18.4 Å². The van der Waals surface area contributed by atoms with Crippen LogP contribution in [0.4, 0.5) is 5.69 Å². The fraction of sp³-hybridized carbons (Fsp3) is 0.364. The number of hydrogen-bond donors (Lipinski definition) is 1. The van der Waals surface area contributed by atoms with Crippen LogP contribution < -0.4 is 10.1 Å². The zero-order valence-electron chi connectivity index (χ0n) is 15.5. The van der Waals surface area contributed by atoms with Gasteiger partial charge >= 0.3 is 0 Å². The van der Waals surface area contributed by atoms with Crippen LogP contribution in [0.2, 0.25) is 0 Å². The predicted octanol–water partition coefficient (Wildman–Crippen LogP) is 3.50. The van der Waals surface area contributed by atoms with Gasteiger partial charge in [0.2, 0.25) is 0 Å². The number of para-hydroxylation sites is 2. The summed E-state index contributed by atoms with van der Waals surface area (Å²) < 4.78 is 5.76. The van der Waals surface area contributed by atoms with Crippen LogP contribution >= 0.6 is 0 Å². The highest BCUT2D eigenvalue weighted by Gasteiger charge is 2.30. The molecular weight excluding hydrogens is 340 g/mol. The number of anilines is 1. The van der Waals surface area contributed by atoms with E-state index in [0.29, 0.717) is 23.6 Å². The lowest BCUT2D eigenvalue weighted by Crippen LogP contribution is -2.38. The Morgan fingerprint density at radius 2 is 1.74 bits per heavy atom. The maximum Gasteiger partial charge on any atom is 0.265 e. The quantitative estimate of drug-likeness (QED) is 0.907. The summed E-state index contributed by atoms with van der Waals surface area (Å²) >= 11 is 0. The van der Waals surface area contributed by atoms with E-state index in [4.69, 9.17) is 4.74 Å². The number of benzene rings is 2. The summed E-state index contributed by atoms with van der Waals surface area (Å²) in [4.78, 5) is 27.6. The van der Waals surface area contributed by atoms with Crippen LogP contribution in [0.3, 0.4) is 0 Å². The molecule has 27 heavy (non-hydrogen) atoms. The van der Waals surface area contributed by atoms with Crippen molar-refractivity contribution in [2.24, 2.45) is 5.92 Å². The molecule has 0 saturated carbocycles. The van der Waals surface area contributed by atoms with Gasteiger partial charge in [-0.25, -0.2) is 0 Å². The number of carbonyl (C=O) groups excluding carboxylic acids is 2. The Morgan fingerprint density at radius 1 is 1.04 bits per heavy atom. The Morgan fingerprint density at radius 3 is 2.52 bits per heavy atom. The minimum atomic E-state index is -0.568. The normalized spacial score (nSPS) is 19.3. The van der Waals surface area contributed by atoms with Crippen molar-refractivity contribution in [1.29, 1.82) is 0 Å². The smallest absolute Gasteiger partial charge is 0.265 e. The molecule has 2 aliphatic rings. The minimum Gasteiger partial charge on any atom is -0.480 e. The molecule has 1 atom stereocenters. The molecule has 2 heterocycles. The number of rotatable bonds is 3. The predicted molar refractivity (Wildman–Crippen MR) is 104 cm³/mol. The maximum atomic E-state index is 13.0. The van der Waals surface area contributed by atoms with Gasteiger partial charge in [-0.2, -0.15) is 0 Å². The van der Waals surface area contributed by atoms with E-state index in [1.54, 1.807) is 12.1 Å². The second kappa shape index (κ2) is 7.43. The average Bonchev–Trinajstić information content (AvgIpc) is 3.13. The zero-order valence-corrected chi connectivity index (χ0v) is 15.5. The second-order valence-corrected chi connectivity index (χ2v) is 7.43. The first-order valence-corrected chi connectivity index (χ1v) is 9.55. The lowest BCUT2D eigenvalue weighted by Gasteiger charge is -2.30. The minimum absolute atomic E-state index is 0.0200. The molecule has 5 heteroatoms. The SMILES string of the molecule is CC1CCN(C(=O)c2ccccc2NC(=O)C2Cc3ccccc3O2)CC1. The number of likely N-dealkylation sites (tertiary alicyclic amines) is 1. The van der Waals surface area contributed by atoms with Crippen LogP contribution in [-0.4, -0.2) is 35.9 Å². The number of amides is 2. The highest BCUT2D eigenvalue weighted by molar-refractivity contribution is 6.04. The molecule has 2 aromatic carbocycles. The topological polar surface area (TPSA) is 58.6 Å². The Hall–Kier alpha value is -2.82. The van der Waals surface area contributed by atoms with E-state index in [1.807, 2.05) is 41.3 Å². The molecule has 140 valence electrons. The third kappa shape index (κ3) is 3.68. The molecule has 4 rings (SSSR count). The van der Waals surface area contributed by atoms with Crippen LogP contribution in [0.1, 0.15) is 35.7 Å². The van der Waals surface area contributed by atoms with E-state index >= 15 is 0 Å². The van der Waals surface area contributed by atoms with Crippen molar-refractivity contribution >= 4 is 17.5 Å². The summed E-state index contributed by atoms with van der Waals surface area (Å²) in [5.41, 5.74) is 2.12. The van der Waals surface area contributed by atoms with Crippen molar-refractivity contribution in [3.63, 3.8) is 0 Å². The van der Waals surface area contributed by atoms with E-state index in [-0.39, 0.29) is 11.8 Å². The molecule has 0 aromatic heterocycles. The Balaban J connectivity index is 1.47. The summed E-state index contributed by atoms with van der Waals surface area (Å²) in [6.07, 6.45) is 2.02. The summed E-state index contributed by atoms with van der Waals surface area (Å²) in [5.74, 6) is 1.17. The number of nitrogens with zero attached hydrogens (tertiary/aromatic N) is 1. The van der Waals surface area contributed by atoms with Gasteiger partial charge in [0, 0.05) is 19.5 Å². The number of nitrogens with one attached hydrogen (secondary N) is 1. The first-order valence-electron chi connectivity index (χ1n) is 9.55. The van der Waals surface area contributed by atoms with Gasteiger partial charge in [0.25, 0.3) is 11.8 Å². The molecule has 1 saturated heterocycles. The van der Waals surface area contributed by atoms with Gasteiger partial charge in [0.15, 0.2) is 6.10 Å². The summed E-state index contributed by atoms with van der Waals surface area (Å²) in [6.45, 7) is 3.75. The summed E-state index contributed by atoms with van der Waals surface area (Å²) in [6, 6.07) is 14.9. The summed E-state index contributed by atoms with van der Waals surface area (Å²) in [7, 11) is 0. The number of ether oxygens (including phenoxy) is 1. The monoisotopic (exact) mass is 364 g/mol. The number of hydrogen-bond acceptors (Lipinski definition) is 3. The van der Waals surface area contributed by atoms with Gasteiger partial charge in [-0.3, -0.25) is 9.59 Å². The van der Waals surface area contributed by atoms with Crippen molar-refractivity contribution in [3.8, 4) is 5.75 Å². The van der Waals surface area contributed by atoms with Gasteiger partial charge < -0.3 is 15.0 Å². The standard InChI is InChI=1S/C22H24N2O3/c1-15-10-12-24(13-11-15)22(26)17-7-3-4-8-18(17)23-21(25)20-14-16-6-2-5-9-19(16)27-20/h2-9,15,20H,10-14H2,1H3,(H,23,25). The number of carbonyl (C=O) groups is 2. The first kappa shape index (κ1) is 17.6. The van der Waals surface area contributed by atoms with E-state index in [2.05, 4.69) is 12.2 Å². The third-order valence-corrected chi connectivity index (χ3v) is 5.43. The summed E-state index contributed by atoms with van der Waals surface area (Å²) in [5, 5.41) is 2.90. The molecule has 2 aromatic rings. The van der Waals surface area contributed by atoms with Crippen LogP contribution in [0.5, 0.6) is 5.75 Å². The van der Waals surface area contributed by atoms with Crippen LogP contribution in [0.25, 0.3) is 0 Å². The molecule has 0 aliphatic carbocycles. The molecule has 0 spiro atoms. The molecule has 2 amide bonds. The molecule has 2 aliphatic heterocycles. The molecule has 5 nitrogen and oxygen atoms in total. The first-order chi connectivity index (χ1) is 13.1. The number of piperidine rings is 1. The molecule has 0 bridgehead atoms.